The second kappa shape index (κ2) is 8.89. The minimum atomic E-state index is -4.41. The lowest BCUT2D eigenvalue weighted by Gasteiger charge is -2.34. The number of methoxy groups -OCH3 is 1. The zero-order valence-corrected chi connectivity index (χ0v) is 16.7. The molecule has 2 heterocycles. The van der Waals surface area contributed by atoms with Gasteiger partial charge in [-0.25, -0.2) is 9.37 Å². The van der Waals surface area contributed by atoms with Crippen LogP contribution in [0.25, 0.3) is 0 Å². The topological polar surface area (TPSA) is 45.7 Å². The number of nitrogens with zero attached hydrogens (tertiary/aromatic N) is 3. The van der Waals surface area contributed by atoms with Gasteiger partial charge in [0, 0.05) is 38.4 Å². The summed E-state index contributed by atoms with van der Waals surface area (Å²) in [5, 5.41) is 0. The van der Waals surface area contributed by atoms with Crippen molar-refractivity contribution in [2.45, 2.75) is 19.0 Å². The lowest BCUT2D eigenvalue weighted by Crippen LogP contribution is -2.41. The van der Waals surface area contributed by atoms with Crippen LogP contribution >= 0.6 is 0 Å². The molecule has 0 atom stereocenters. The summed E-state index contributed by atoms with van der Waals surface area (Å²) in [6.45, 7) is 1.54. The number of halogens is 4. The van der Waals surface area contributed by atoms with E-state index < -0.39 is 17.6 Å². The normalized spacial score (nSPS) is 15.2. The lowest BCUT2D eigenvalue weighted by atomic mass is 9.95. The Morgan fingerprint density at radius 3 is 2.53 bits per heavy atom. The van der Waals surface area contributed by atoms with Crippen LogP contribution in [0.15, 0.2) is 36.5 Å². The number of benzene rings is 1. The molecular weight excluding hydrogens is 402 g/mol. The molecule has 0 spiro atoms. The van der Waals surface area contributed by atoms with Gasteiger partial charge in [-0.2, -0.15) is 13.2 Å². The van der Waals surface area contributed by atoms with Crippen molar-refractivity contribution in [1.29, 1.82) is 0 Å². The van der Waals surface area contributed by atoms with Gasteiger partial charge in [0.15, 0.2) is 11.6 Å². The first-order valence-corrected chi connectivity index (χ1v) is 9.56. The molecule has 0 bridgehead atoms. The number of ether oxygens (including phenoxy) is 1. The van der Waals surface area contributed by atoms with Crippen LogP contribution in [-0.2, 0) is 6.18 Å². The monoisotopic (exact) mass is 425 g/mol. The first-order valence-electron chi connectivity index (χ1n) is 9.56. The number of rotatable bonds is 5. The highest BCUT2D eigenvalue weighted by atomic mass is 19.4. The fourth-order valence-electron chi connectivity index (χ4n) is 3.58. The van der Waals surface area contributed by atoms with Gasteiger partial charge < -0.3 is 14.5 Å². The number of anilines is 1. The van der Waals surface area contributed by atoms with E-state index in [0.717, 1.165) is 18.3 Å². The largest absolute Gasteiger partial charge is 0.494 e. The Morgan fingerprint density at radius 2 is 1.93 bits per heavy atom. The Labute approximate surface area is 172 Å². The minimum Gasteiger partial charge on any atom is -0.494 e. The molecule has 1 aliphatic rings. The highest BCUT2D eigenvalue weighted by Gasteiger charge is 2.31. The molecule has 1 fully saturated rings. The number of hydrogen-bond donors (Lipinski definition) is 0. The predicted molar refractivity (Wildman–Crippen MR) is 104 cm³/mol. The summed E-state index contributed by atoms with van der Waals surface area (Å²) >= 11 is 0. The summed E-state index contributed by atoms with van der Waals surface area (Å²) in [7, 11) is 3.07. The summed E-state index contributed by atoms with van der Waals surface area (Å²) in [6, 6.07) is 6.11. The Hall–Kier alpha value is -2.84. The molecule has 30 heavy (non-hydrogen) atoms. The van der Waals surface area contributed by atoms with Gasteiger partial charge in [0.05, 0.1) is 12.7 Å². The molecule has 1 amide bonds. The van der Waals surface area contributed by atoms with Gasteiger partial charge in [-0.15, -0.1) is 0 Å². The van der Waals surface area contributed by atoms with Crippen molar-refractivity contribution in [1.82, 2.24) is 9.88 Å². The van der Waals surface area contributed by atoms with E-state index >= 15 is 0 Å². The molecule has 1 aliphatic heterocycles. The Morgan fingerprint density at radius 1 is 1.23 bits per heavy atom. The number of likely N-dealkylation sites (tertiary alicyclic amines) is 1. The van der Waals surface area contributed by atoms with E-state index in [4.69, 9.17) is 4.74 Å². The van der Waals surface area contributed by atoms with Crippen molar-refractivity contribution in [2.24, 2.45) is 5.92 Å². The van der Waals surface area contributed by atoms with Crippen LogP contribution < -0.4 is 9.64 Å². The Bertz CT molecular complexity index is 896. The van der Waals surface area contributed by atoms with E-state index in [1.54, 1.807) is 16.8 Å². The molecule has 1 aromatic carbocycles. The van der Waals surface area contributed by atoms with E-state index in [2.05, 4.69) is 4.98 Å². The molecule has 9 heteroatoms. The number of piperidine rings is 1. The SMILES string of the molecule is COc1ccc(C(=O)N2CCC(CN(C)c3cc(C(F)(F)F)ccn3)CC2)cc1F. The molecule has 0 unspecified atom stereocenters. The van der Waals surface area contributed by atoms with Gasteiger partial charge in [0.25, 0.3) is 5.91 Å². The number of carbonyl (C=O) groups is 1. The molecule has 0 aliphatic carbocycles. The molecule has 1 aromatic heterocycles. The fourth-order valence-corrected chi connectivity index (χ4v) is 3.58. The van der Waals surface area contributed by atoms with Crippen molar-refractivity contribution in [3.05, 3.63) is 53.5 Å². The van der Waals surface area contributed by atoms with Crippen LogP contribution in [0.4, 0.5) is 23.4 Å². The molecule has 162 valence electrons. The number of alkyl halides is 3. The number of amides is 1. The third-order valence-electron chi connectivity index (χ3n) is 5.30. The van der Waals surface area contributed by atoms with Crippen LogP contribution in [0.5, 0.6) is 5.75 Å². The summed E-state index contributed by atoms with van der Waals surface area (Å²) < 4.78 is 57.4. The van der Waals surface area contributed by atoms with Crippen molar-refractivity contribution >= 4 is 11.7 Å². The molecule has 5 nitrogen and oxygen atoms in total. The van der Waals surface area contributed by atoms with E-state index in [9.17, 15) is 22.4 Å². The van der Waals surface area contributed by atoms with E-state index in [0.29, 0.717) is 32.5 Å². The number of aromatic nitrogens is 1. The lowest BCUT2D eigenvalue weighted by molar-refractivity contribution is -0.137. The quantitative estimate of drug-likeness (QED) is 0.673. The van der Waals surface area contributed by atoms with E-state index in [1.165, 1.54) is 25.3 Å². The van der Waals surface area contributed by atoms with Gasteiger partial charge >= 0.3 is 6.18 Å². The van der Waals surface area contributed by atoms with Crippen LogP contribution in [0.1, 0.15) is 28.8 Å². The summed E-state index contributed by atoms with van der Waals surface area (Å²) in [6.07, 6.45) is -1.85. The minimum absolute atomic E-state index is 0.0801. The molecule has 0 radical (unpaired) electrons. The summed E-state index contributed by atoms with van der Waals surface area (Å²) in [5.74, 6) is -0.284. The molecule has 1 saturated heterocycles. The standard InChI is InChI=1S/C21H23F4N3O2/c1-27(19-12-16(5-8-26-19)21(23,24)25)13-14-6-9-28(10-7-14)20(29)15-3-4-18(30-2)17(22)11-15/h3-5,8,11-12,14H,6-7,9-10,13H2,1-2H3. The molecule has 3 rings (SSSR count). The first kappa shape index (κ1) is 21.9. The third kappa shape index (κ3) is 5.01. The second-order valence-electron chi connectivity index (χ2n) is 7.37. The maximum absolute atomic E-state index is 13.9. The Balaban J connectivity index is 1.57. The summed E-state index contributed by atoms with van der Waals surface area (Å²) in [4.78, 5) is 20.0. The predicted octanol–water partition coefficient (Wildman–Crippen LogP) is 4.24. The summed E-state index contributed by atoms with van der Waals surface area (Å²) in [5.41, 5.74) is -0.469. The number of carbonyl (C=O) groups excluding carboxylic acids is 1. The van der Waals surface area contributed by atoms with Crippen molar-refractivity contribution in [3.63, 3.8) is 0 Å². The second-order valence-corrected chi connectivity index (χ2v) is 7.37. The van der Waals surface area contributed by atoms with E-state index in [1.807, 2.05) is 0 Å². The maximum Gasteiger partial charge on any atom is 0.416 e. The van der Waals surface area contributed by atoms with Crippen molar-refractivity contribution < 1.29 is 27.1 Å². The van der Waals surface area contributed by atoms with Gasteiger partial charge in [-0.1, -0.05) is 0 Å². The van der Waals surface area contributed by atoms with Gasteiger partial charge in [-0.05, 0) is 49.1 Å². The van der Waals surface area contributed by atoms with Crippen LogP contribution in [0.2, 0.25) is 0 Å². The van der Waals surface area contributed by atoms with Crippen molar-refractivity contribution in [3.8, 4) is 5.75 Å². The van der Waals surface area contributed by atoms with Crippen molar-refractivity contribution in [2.75, 3.05) is 38.7 Å². The number of pyridine rings is 1. The Kier molecular flexibility index (Phi) is 6.48. The van der Waals surface area contributed by atoms with Crippen LogP contribution in [0, 0.1) is 11.7 Å². The molecule has 2 aromatic rings. The zero-order chi connectivity index (χ0) is 21.9. The van der Waals surface area contributed by atoms with Gasteiger partial charge in [0.1, 0.15) is 5.82 Å². The molecular formula is C21H23F4N3O2. The average molecular weight is 425 g/mol. The van der Waals surface area contributed by atoms with Crippen LogP contribution in [-0.4, -0.2) is 49.6 Å². The molecule has 0 N–H and O–H groups in total. The maximum atomic E-state index is 13.9. The average Bonchev–Trinajstić information content (AvgIpc) is 2.73. The fraction of sp³-hybridized carbons (Fsp3) is 0.429. The van der Waals surface area contributed by atoms with Gasteiger partial charge in [0.2, 0.25) is 0 Å². The zero-order valence-electron chi connectivity index (χ0n) is 16.7. The smallest absolute Gasteiger partial charge is 0.416 e. The number of hydrogen-bond acceptors (Lipinski definition) is 4. The first-order chi connectivity index (χ1) is 14.2. The highest BCUT2D eigenvalue weighted by Crippen LogP contribution is 2.31. The molecule has 0 saturated carbocycles. The van der Waals surface area contributed by atoms with Crippen LogP contribution in [0.3, 0.4) is 0 Å². The van der Waals surface area contributed by atoms with E-state index in [-0.39, 0.29) is 29.0 Å². The highest BCUT2D eigenvalue weighted by molar-refractivity contribution is 5.94. The van der Waals surface area contributed by atoms with Gasteiger partial charge in [-0.3, -0.25) is 4.79 Å². The third-order valence-corrected chi connectivity index (χ3v) is 5.30.